The van der Waals surface area contributed by atoms with Crippen molar-refractivity contribution in [3.05, 3.63) is 170 Å². The molecule has 0 N–H and O–H groups in total. The van der Waals surface area contributed by atoms with Crippen LogP contribution >= 0.6 is 11.3 Å². The monoisotopic (exact) mass is 708 g/mol. The van der Waals surface area contributed by atoms with Crippen molar-refractivity contribution < 1.29 is 4.42 Å². The minimum absolute atomic E-state index is 0.606. The molecule has 4 aromatic heterocycles. The standard InChI is InChI=1S/C48H28N4OS/c1-2-11-31(12-3-1)46-50-47(32-25-21-29(22-26-32)34-16-10-17-36-35-13-6-9-20-41(35)54-45(34)36)52-48(51-46)33-27-23-30(24-28-33)43-42-38-15-5-8-19-40(38)53-44(42)37-14-4-7-18-39(37)49-43/h1-28H. The quantitative estimate of drug-likeness (QED) is 0.178. The van der Waals surface area contributed by atoms with Gasteiger partial charge in [-0.25, -0.2) is 19.9 Å². The second-order valence-electron chi connectivity index (χ2n) is 13.4. The van der Waals surface area contributed by atoms with Gasteiger partial charge in [-0.05, 0) is 35.4 Å². The highest BCUT2D eigenvalue weighted by Crippen LogP contribution is 2.41. The zero-order valence-electron chi connectivity index (χ0n) is 28.8. The van der Waals surface area contributed by atoms with E-state index in [0.29, 0.717) is 17.5 Å². The Bertz CT molecular complexity index is 3200. The number of furan rings is 1. The molecule has 0 saturated heterocycles. The van der Waals surface area contributed by atoms with Crippen molar-refractivity contribution in [1.82, 2.24) is 19.9 Å². The number of hydrogen-bond donors (Lipinski definition) is 0. The van der Waals surface area contributed by atoms with Crippen molar-refractivity contribution >= 4 is 64.4 Å². The Morgan fingerprint density at radius 3 is 1.69 bits per heavy atom. The molecule has 0 spiro atoms. The third kappa shape index (κ3) is 4.99. The van der Waals surface area contributed by atoms with Crippen molar-refractivity contribution in [1.29, 1.82) is 0 Å². The molecule has 0 bridgehead atoms. The maximum atomic E-state index is 6.43. The maximum absolute atomic E-state index is 6.43. The Kier molecular flexibility index (Phi) is 6.97. The van der Waals surface area contributed by atoms with Crippen LogP contribution in [0, 0.1) is 0 Å². The molecule has 0 aliphatic heterocycles. The molecule has 54 heavy (non-hydrogen) atoms. The Balaban J connectivity index is 1.01. The van der Waals surface area contributed by atoms with Crippen LogP contribution in [-0.2, 0) is 0 Å². The maximum Gasteiger partial charge on any atom is 0.164 e. The van der Waals surface area contributed by atoms with E-state index < -0.39 is 0 Å². The fraction of sp³-hybridized carbons (Fsp3) is 0. The fourth-order valence-corrected chi connectivity index (χ4v) is 8.76. The second kappa shape index (κ2) is 12.3. The summed E-state index contributed by atoms with van der Waals surface area (Å²) in [6, 6.07) is 58.5. The Labute approximate surface area is 313 Å². The third-order valence-electron chi connectivity index (χ3n) is 10.2. The summed E-state index contributed by atoms with van der Waals surface area (Å²) in [5.74, 6) is 1.86. The van der Waals surface area contributed by atoms with E-state index in [0.717, 1.165) is 66.4 Å². The minimum atomic E-state index is 0.606. The van der Waals surface area contributed by atoms with Gasteiger partial charge in [0.2, 0.25) is 0 Å². The molecule has 252 valence electrons. The molecule has 7 aromatic carbocycles. The molecule has 11 aromatic rings. The van der Waals surface area contributed by atoms with Gasteiger partial charge in [0.05, 0.1) is 16.6 Å². The lowest BCUT2D eigenvalue weighted by Gasteiger charge is -2.10. The number of hydrogen-bond acceptors (Lipinski definition) is 6. The molecule has 0 aliphatic carbocycles. The summed E-state index contributed by atoms with van der Waals surface area (Å²) in [5, 5.41) is 5.65. The van der Waals surface area contributed by atoms with Crippen molar-refractivity contribution in [3.63, 3.8) is 0 Å². The zero-order chi connectivity index (χ0) is 35.6. The van der Waals surface area contributed by atoms with Crippen LogP contribution in [0.2, 0.25) is 0 Å². The summed E-state index contributed by atoms with van der Waals surface area (Å²) in [6.07, 6.45) is 0. The topological polar surface area (TPSA) is 64.7 Å². The summed E-state index contributed by atoms with van der Waals surface area (Å²) < 4.78 is 9.02. The predicted molar refractivity (Wildman–Crippen MR) is 222 cm³/mol. The lowest BCUT2D eigenvalue weighted by atomic mass is 10.0. The third-order valence-corrected chi connectivity index (χ3v) is 11.4. The van der Waals surface area contributed by atoms with E-state index >= 15 is 0 Å². The first-order chi connectivity index (χ1) is 26.7. The SMILES string of the molecule is c1ccc(-c2nc(-c3ccc(-c4cccc5c4sc4ccccc45)cc3)nc(-c3ccc(-c4nc5ccccc5c5oc6ccccc6c45)cc3)n2)cc1. The van der Waals surface area contributed by atoms with E-state index in [4.69, 9.17) is 24.4 Å². The number of nitrogens with zero attached hydrogens (tertiary/aromatic N) is 4. The molecule has 0 saturated carbocycles. The lowest BCUT2D eigenvalue weighted by Crippen LogP contribution is -2.00. The highest BCUT2D eigenvalue weighted by molar-refractivity contribution is 7.26. The van der Waals surface area contributed by atoms with Gasteiger partial charge in [0.25, 0.3) is 0 Å². The molecule has 0 atom stereocenters. The first kappa shape index (κ1) is 30.6. The molecule has 0 fully saturated rings. The molecule has 5 nitrogen and oxygen atoms in total. The number of pyridine rings is 1. The number of aromatic nitrogens is 4. The van der Waals surface area contributed by atoms with Gasteiger partial charge in [-0.3, -0.25) is 0 Å². The van der Waals surface area contributed by atoms with E-state index in [1.165, 1.54) is 25.7 Å². The Hall–Kier alpha value is -7.02. The molecule has 11 rings (SSSR count). The van der Waals surface area contributed by atoms with Crippen molar-refractivity contribution in [2.75, 3.05) is 0 Å². The van der Waals surface area contributed by atoms with Crippen LogP contribution in [-0.4, -0.2) is 19.9 Å². The number of rotatable bonds is 5. The van der Waals surface area contributed by atoms with E-state index in [1.807, 2.05) is 78.1 Å². The van der Waals surface area contributed by atoms with Crippen LogP contribution in [0.5, 0.6) is 0 Å². The second-order valence-corrected chi connectivity index (χ2v) is 14.4. The molecule has 0 radical (unpaired) electrons. The summed E-state index contributed by atoms with van der Waals surface area (Å²) >= 11 is 1.84. The summed E-state index contributed by atoms with van der Waals surface area (Å²) in [7, 11) is 0. The van der Waals surface area contributed by atoms with Gasteiger partial charge in [-0.1, -0.05) is 146 Å². The van der Waals surface area contributed by atoms with E-state index in [2.05, 4.69) is 103 Å². The van der Waals surface area contributed by atoms with Crippen LogP contribution in [0.3, 0.4) is 0 Å². The van der Waals surface area contributed by atoms with Gasteiger partial charge in [0, 0.05) is 53.2 Å². The van der Waals surface area contributed by atoms with Gasteiger partial charge >= 0.3 is 0 Å². The van der Waals surface area contributed by atoms with E-state index in [-0.39, 0.29) is 0 Å². The van der Waals surface area contributed by atoms with Crippen LogP contribution in [0.4, 0.5) is 0 Å². The molecular formula is C48H28N4OS. The van der Waals surface area contributed by atoms with Crippen molar-refractivity contribution in [2.45, 2.75) is 0 Å². The minimum Gasteiger partial charge on any atom is -0.455 e. The van der Waals surface area contributed by atoms with Crippen LogP contribution < -0.4 is 0 Å². The molecule has 4 heterocycles. The summed E-state index contributed by atoms with van der Waals surface area (Å²) in [4.78, 5) is 20.2. The Morgan fingerprint density at radius 2 is 0.944 bits per heavy atom. The predicted octanol–water partition coefficient (Wildman–Crippen LogP) is 13.0. The van der Waals surface area contributed by atoms with Gasteiger partial charge in [-0.2, -0.15) is 0 Å². The molecule has 0 amide bonds. The Morgan fingerprint density at radius 1 is 0.389 bits per heavy atom. The van der Waals surface area contributed by atoms with Crippen molar-refractivity contribution in [3.8, 4) is 56.5 Å². The van der Waals surface area contributed by atoms with Crippen LogP contribution in [0.15, 0.2) is 174 Å². The van der Waals surface area contributed by atoms with Gasteiger partial charge in [0.1, 0.15) is 11.2 Å². The molecule has 0 aliphatic rings. The van der Waals surface area contributed by atoms with E-state index in [9.17, 15) is 0 Å². The highest BCUT2D eigenvalue weighted by atomic mass is 32.1. The van der Waals surface area contributed by atoms with Crippen LogP contribution in [0.1, 0.15) is 0 Å². The number of para-hydroxylation sites is 2. The first-order valence-electron chi connectivity index (χ1n) is 17.9. The number of fused-ring (bicyclic) bond motifs is 8. The first-order valence-corrected chi connectivity index (χ1v) is 18.7. The molecule has 0 unspecified atom stereocenters. The molecule has 6 heteroatoms. The van der Waals surface area contributed by atoms with Gasteiger partial charge in [-0.15, -0.1) is 11.3 Å². The summed E-state index contributed by atoms with van der Waals surface area (Å²) in [6.45, 7) is 0. The molecular weight excluding hydrogens is 681 g/mol. The zero-order valence-corrected chi connectivity index (χ0v) is 29.6. The van der Waals surface area contributed by atoms with Gasteiger partial charge < -0.3 is 4.42 Å². The fourth-order valence-electron chi connectivity index (χ4n) is 7.52. The smallest absolute Gasteiger partial charge is 0.164 e. The largest absolute Gasteiger partial charge is 0.455 e. The van der Waals surface area contributed by atoms with E-state index in [1.54, 1.807) is 0 Å². The van der Waals surface area contributed by atoms with Crippen LogP contribution in [0.25, 0.3) is 110 Å². The average molecular weight is 709 g/mol. The summed E-state index contributed by atoms with van der Waals surface area (Å²) in [5.41, 5.74) is 9.59. The lowest BCUT2D eigenvalue weighted by molar-refractivity contribution is 0.672. The number of thiophene rings is 1. The van der Waals surface area contributed by atoms with Gasteiger partial charge in [0.15, 0.2) is 17.5 Å². The normalized spacial score (nSPS) is 11.7. The number of benzene rings is 7. The van der Waals surface area contributed by atoms with Crippen molar-refractivity contribution in [2.24, 2.45) is 0 Å². The average Bonchev–Trinajstić information content (AvgIpc) is 3.83. The highest BCUT2D eigenvalue weighted by Gasteiger charge is 2.19.